The Labute approximate surface area is 143 Å². The van der Waals surface area contributed by atoms with E-state index in [1.165, 1.54) is 0 Å². The fraction of sp³-hybridized carbons (Fsp3) is 0.333. The number of alkyl halides is 3. The molecule has 1 aromatic heterocycles. The number of aryl methyl sites for hydroxylation is 1. The average molecular weight is 354 g/mol. The second-order valence-corrected chi connectivity index (χ2v) is 6.07. The Balaban J connectivity index is 2.19. The Morgan fingerprint density at radius 1 is 1.24 bits per heavy atom. The summed E-state index contributed by atoms with van der Waals surface area (Å²) in [6.07, 6.45) is -3.00. The number of rotatable bonds is 4. The van der Waals surface area contributed by atoms with E-state index in [1.807, 2.05) is 13.8 Å². The molecule has 0 radical (unpaired) electrons. The molecule has 0 saturated heterocycles. The first kappa shape index (κ1) is 18.9. The quantitative estimate of drug-likeness (QED) is 0.816. The van der Waals surface area contributed by atoms with Gasteiger partial charge in [-0.25, -0.2) is 4.39 Å². The zero-order valence-electron chi connectivity index (χ0n) is 14.0. The Morgan fingerprint density at radius 2 is 1.92 bits per heavy atom. The fourth-order valence-electron chi connectivity index (χ4n) is 2.26. The van der Waals surface area contributed by atoms with Gasteiger partial charge in [0.25, 0.3) is 5.91 Å². The van der Waals surface area contributed by atoms with Gasteiger partial charge in [0.05, 0.1) is 5.56 Å². The molecule has 3 nitrogen and oxygen atoms in total. The topological polar surface area (TPSA) is 42.0 Å². The minimum atomic E-state index is -4.57. The maximum Gasteiger partial charge on any atom is 0.416 e. The molecule has 2 rings (SSSR count). The van der Waals surface area contributed by atoms with E-state index in [2.05, 4.69) is 10.3 Å². The summed E-state index contributed by atoms with van der Waals surface area (Å²) in [6.45, 7) is 5.22. The number of carbonyl (C=O) groups excluding carboxylic acids is 1. The van der Waals surface area contributed by atoms with Crippen molar-refractivity contribution in [1.82, 2.24) is 10.3 Å². The molecule has 0 fully saturated rings. The number of nitrogens with one attached hydrogen (secondary N) is 1. The second kappa shape index (κ2) is 7.21. The van der Waals surface area contributed by atoms with E-state index in [-0.39, 0.29) is 18.0 Å². The molecule has 1 aromatic carbocycles. The lowest BCUT2D eigenvalue weighted by Crippen LogP contribution is -2.25. The smallest absolute Gasteiger partial charge is 0.348 e. The summed E-state index contributed by atoms with van der Waals surface area (Å²) in [5.74, 6) is -1.17. The van der Waals surface area contributed by atoms with Crippen LogP contribution in [0.25, 0.3) is 0 Å². The highest BCUT2D eigenvalue weighted by Crippen LogP contribution is 2.30. The van der Waals surface area contributed by atoms with Crippen molar-refractivity contribution in [3.05, 3.63) is 64.2 Å². The Bertz CT molecular complexity index is 785. The molecule has 7 heteroatoms. The number of aromatic nitrogens is 1. The van der Waals surface area contributed by atoms with Gasteiger partial charge in [-0.05, 0) is 42.7 Å². The monoisotopic (exact) mass is 354 g/mol. The van der Waals surface area contributed by atoms with E-state index in [1.54, 1.807) is 19.2 Å². The van der Waals surface area contributed by atoms with Crippen LogP contribution in [0.3, 0.4) is 0 Å². The molecule has 0 bridgehead atoms. The van der Waals surface area contributed by atoms with E-state index in [0.29, 0.717) is 23.3 Å². The molecule has 2 aromatic rings. The van der Waals surface area contributed by atoms with E-state index in [0.717, 1.165) is 11.8 Å². The third kappa shape index (κ3) is 4.55. The number of amides is 1. The number of nitrogens with zero attached hydrogens (tertiary/aromatic N) is 1. The van der Waals surface area contributed by atoms with Crippen molar-refractivity contribution in [1.29, 1.82) is 0 Å². The van der Waals surface area contributed by atoms with Gasteiger partial charge in [-0.1, -0.05) is 13.8 Å². The maximum atomic E-state index is 13.7. The highest BCUT2D eigenvalue weighted by molar-refractivity contribution is 5.95. The molecular formula is C18H18F4N2O. The van der Waals surface area contributed by atoms with Crippen LogP contribution in [-0.4, -0.2) is 10.9 Å². The first-order valence-electron chi connectivity index (χ1n) is 7.70. The number of pyridine rings is 1. The number of carbonyl (C=O) groups is 1. The van der Waals surface area contributed by atoms with Crippen LogP contribution in [0.5, 0.6) is 0 Å². The van der Waals surface area contributed by atoms with E-state index >= 15 is 0 Å². The summed E-state index contributed by atoms with van der Waals surface area (Å²) in [5, 5.41) is 2.47. The number of hydrogen-bond acceptors (Lipinski definition) is 2. The van der Waals surface area contributed by atoms with Crippen molar-refractivity contribution in [2.45, 2.75) is 39.4 Å². The summed E-state index contributed by atoms with van der Waals surface area (Å²) in [6, 6.07) is 3.76. The molecule has 0 spiro atoms. The molecular weight excluding hydrogens is 336 g/mol. The molecule has 0 unspecified atom stereocenters. The summed E-state index contributed by atoms with van der Waals surface area (Å²) >= 11 is 0. The fourth-order valence-corrected chi connectivity index (χ4v) is 2.26. The number of hydrogen-bond donors (Lipinski definition) is 1. The van der Waals surface area contributed by atoms with Gasteiger partial charge in [-0.15, -0.1) is 0 Å². The molecule has 1 N–H and O–H groups in total. The molecule has 0 atom stereocenters. The van der Waals surface area contributed by atoms with Gasteiger partial charge in [0.15, 0.2) is 0 Å². The molecule has 0 saturated carbocycles. The first-order valence-corrected chi connectivity index (χ1v) is 7.70. The number of benzene rings is 1. The lowest BCUT2D eigenvalue weighted by molar-refractivity contribution is -0.137. The normalized spacial score (nSPS) is 11.7. The van der Waals surface area contributed by atoms with Gasteiger partial charge in [-0.3, -0.25) is 9.78 Å². The largest absolute Gasteiger partial charge is 0.416 e. The van der Waals surface area contributed by atoms with Gasteiger partial charge in [0.2, 0.25) is 0 Å². The summed E-state index contributed by atoms with van der Waals surface area (Å²) in [5.41, 5.74) is 0.540. The van der Waals surface area contributed by atoms with Gasteiger partial charge in [0.1, 0.15) is 5.82 Å². The van der Waals surface area contributed by atoms with E-state index in [9.17, 15) is 22.4 Å². The van der Waals surface area contributed by atoms with Crippen molar-refractivity contribution < 1.29 is 22.4 Å². The summed E-state index contributed by atoms with van der Waals surface area (Å²) < 4.78 is 51.9. The summed E-state index contributed by atoms with van der Waals surface area (Å²) in [4.78, 5) is 16.6. The lowest BCUT2D eigenvalue weighted by atomic mass is 10.0. The molecule has 0 aliphatic heterocycles. The van der Waals surface area contributed by atoms with Crippen molar-refractivity contribution >= 4 is 5.91 Å². The Morgan fingerprint density at radius 3 is 2.52 bits per heavy atom. The Kier molecular flexibility index (Phi) is 5.45. The molecule has 1 heterocycles. The van der Waals surface area contributed by atoms with Crippen LogP contribution >= 0.6 is 0 Å². The second-order valence-electron chi connectivity index (χ2n) is 6.07. The maximum absolute atomic E-state index is 13.7. The van der Waals surface area contributed by atoms with E-state index < -0.39 is 23.5 Å². The molecule has 0 aliphatic carbocycles. The molecule has 1 amide bonds. The van der Waals surface area contributed by atoms with Crippen molar-refractivity contribution in [2.75, 3.05) is 0 Å². The van der Waals surface area contributed by atoms with Gasteiger partial charge < -0.3 is 5.32 Å². The lowest BCUT2D eigenvalue weighted by Gasteiger charge is -2.13. The zero-order valence-corrected chi connectivity index (χ0v) is 14.0. The van der Waals surface area contributed by atoms with Gasteiger partial charge in [0, 0.05) is 29.6 Å². The molecule has 25 heavy (non-hydrogen) atoms. The van der Waals surface area contributed by atoms with Crippen LogP contribution in [0.1, 0.15) is 52.5 Å². The van der Waals surface area contributed by atoms with Gasteiger partial charge >= 0.3 is 6.18 Å². The van der Waals surface area contributed by atoms with Crippen LogP contribution in [-0.2, 0) is 12.7 Å². The minimum Gasteiger partial charge on any atom is -0.348 e. The molecule has 134 valence electrons. The third-order valence-corrected chi connectivity index (χ3v) is 3.77. The van der Waals surface area contributed by atoms with Crippen molar-refractivity contribution in [3.63, 3.8) is 0 Å². The van der Waals surface area contributed by atoms with Crippen LogP contribution < -0.4 is 5.32 Å². The van der Waals surface area contributed by atoms with Gasteiger partial charge in [-0.2, -0.15) is 13.2 Å². The van der Waals surface area contributed by atoms with Crippen molar-refractivity contribution in [3.8, 4) is 0 Å². The van der Waals surface area contributed by atoms with Crippen LogP contribution in [0, 0.1) is 12.7 Å². The van der Waals surface area contributed by atoms with Crippen LogP contribution in [0.15, 0.2) is 30.5 Å². The SMILES string of the molecule is Cc1cnc(C(C)C)cc1C(=O)NCc1cc(C(F)(F)F)ccc1F. The summed E-state index contributed by atoms with van der Waals surface area (Å²) in [7, 11) is 0. The number of halogens is 4. The first-order chi connectivity index (χ1) is 11.6. The Hall–Kier alpha value is -2.44. The minimum absolute atomic E-state index is 0.119. The van der Waals surface area contributed by atoms with Crippen molar-refractivity contribution in [2.24, 2.45) is 0 Å². The highest BCUT2D eigenvalue weighted by atomic mass is 19.4. The predicted octanol–water partition coefficient (Wildman–Crippen LogP) is 4.60. The van der Waals surface area contributed by atoms with Crippen LogP contribution in [0.4, 0.5) is 17.6 Å². The van der Waals surface area contributed by atoms with E-state index in [4.69, 9.17) is 0 Å². The highest BCUT2D eigenvalue weighted by Gasteiger charge is 2.31. The average Bonchev–Trinajstić information content (AvgIpc) is 2.52. The molecule has 0 aliphatic rings. The zero-order chi connectivity index (χ0) is 18.8. The van der Waals surface area contributed by atoms with Crippen LogP contribution in [0.2, 0.25) is 0 Å². The standard InChI is InChI=1S/C18H18F4N2O/c1-10(2)16-7-14(11(3)8-23-16)17(25)24-9-12-6-13(18(20,21)22)4-5-15(12)19/h4-8,10H,9H2,1-3H3,(H,24,25). The third-order valence-electron chi connectivity index (χ3n) is 3.77. The predicted molar refractivity (Wildman–Crippen MR) is 85.6 cm³/mol.